The third kappa shape index (κ3) is 2.56. The number of nitrogens with zero attached hydrogens (tertiary/aromatic N) is 1. The van der Waals surface area contributed by atoms with Crippen LogP contribution in [0.25, 0.3) is 0 Å². The highest BCUT2D eigenvalue weighted by Crippen LogP contribution is 2.66. The Morgan fingerprint density at radius 3 is 2.74 bits per heavy atom. The summed E-state index contributed by atoms with van der Waals surface area (Å²) < 4.78 is 0. The third-order valence-corrected chi connectivity index (χ3v) is 9.86. The van der Waals surface area contributed by atoms with Gasteiger partial charge in [-0.3, -0.25) is 0 Å². The van der Waals surface area contributed by atoms with E-state index in [0.717, 1.165) is 36.5 Å². The SMILES string of the molecule is CC[C@H]1C=C2C[C@H](O)CC[C@]2(C)[C@H]2CC[C@]3(C)C(N4C=CSC4)=CC[C@H]3[C@H]12. The van der Waals surface area contributed by atoms with Gasteiger partial charge in [-0.1, -0.05) is 38.5 Å². The van der Waals surface area contributed by atoms with Gasteiger partial charge in [0.1, 0.15) is 0 Å². The molecule has 2 fully saturated rings. The van der Waals surface area contributed by atoms with Gasteiger partial charge < -0.3 is 10.0 Å². The molecular formula is C24H35NOS. The van der Waals surface area contributed by atoms with Gasteiger partial charge >= 0.3 is 0 Å². The molecule has 1 aliphatic heterocycles. The highest BCUT2D eigenvalue weighted by Gasteiger charge is 2.59. The zero-order chi connectivity index (χ0) is 18.8. The number of fused-ring (bicyclic) bond motifs is 5. The Hall–Kier alpha value is -0.670. The van der Waals surface area contributed by atoms with Crippen molar-refractivity contribution in [2.24, 2.45) is 34.5 Å². The summed E-state index contributed by atoms with van der Waals surface area (Å²) in [6.07, 6.45) is 15.7. The van der Waals surface area contributed by atoms with Gasteiger partial charge in [0.15, 0.2) is 0 Å². The van der Waals surface area contributed by atoms with E-state index in [4.69, 9.17) is 0 Å². The topological polar surface area (TPSA) is 23.5 Å². The number of hydrogen-bond acceptors (Lipinski definition) is 3. The molecule has 0 saturated heterocycles. The van der Waals surface area contributed by atoms with Crippen molar-refractivity contribution in [3.05, 3.63) is 35.0 Å². The Kier molecular flexibility index (Phi) is 4.37. The van der Waals surface area contributed by atoms with Crippen LogP contribution in [-0.4, -0.2) is 22.0 Å². The molecule has 0 unspecified atom stereocenters. The first-order valence-electron chi connectivity index (χ1n) is 11.1. The minimum Gasteiger partial charge on any atom is -0.393 e. The maximum absolute atomic E-state index is 10.3. The normalized spacial score (nSPS) is 48.6. The maximum Gasteiger partial charge on any atom is 0.0720 e. The molecule has 5 aliphatic rings. The molecule has 0 aromatic heterocycles. The average Bonchev–Trinajstić information content (AvgIpc) is 3.28. The highest BCUT2D eigenvalue weighted by molar-refractivity contribution is 8.02. The van der Waals surface area contributed by atoms with E-state index in [1.54, 1.807) is 11.3 Å². The summed E-state index contributed by atoms with van der Waals surface area (Å²) in [5.41, 5.74) is 3.90. The second kappa shape index (κ2) is 6.42. The molecule has 3 heteroatoms. The number of aliphatic hydroxyl groups excluding tert-OH is 1. The Bertz CT molecular complexity index is 711. The number of allylic oxidation sites excluding steroid dienone is 3. The standard InChI is InChI=1S/C24H35NOS/c1-4-16-13-17-14-18(26)7-9-23(17,2)20-8-10-24(3)19(22(16)20)5-6-21(24)25-11-12-27-15-25/h6,11-13,16,18-20,22,26H,4-5,7-10,14-15H2,1-3H3/t16-,18+,19-,20-,22-,23-,24-/m0/s1. The van der Waals surface area contributed by atoms with Crippen LogP contribution >= 0.6 is 11.8 Å². The smallest absolute Gasteiger partial charge is 0.0720 e. The third-order valence-electron chi connectivity index (χ3n) is 9.12. The van der Waals surface area contributed by atoms with Crippen molar-refractivity contribution >= 4 is 11.8 Å². The van der Waals surface area contributed by atoms with Crippen molar-refractivity contribution in [2.45, 2.75) is 71.8 Å². The fourth-order valence-electron chi connectivity index (χ4n) is 7.62. The second-order valence-corrected chi connectivity index (χ2v) is 11.1. The summed E-state index contributed by atoms with van der Waals surface area (Å²) >= 11 is 1.92. The van der Waals surface area contributed by atoms with Crippen LogP contribution in [-0.2, 0) is 0 Å². The van der Waals surface area contributed by atoms with Crippen LogP contribution in [0, 0.1) is 34.5 Å². The zero-order valence-electron chi connectivity index (χ0n) is 17.2. The molecular weight excluding hydrogens is 350 g/mol. The van der Waals surface area contributed by atoms with Gasteiger partial charge in [0, 0.05) is 17.3 Å². The summed E-state index contributed by atoms with van der Waals surface area (Å²) in [6, 6.07) is 0. The van der Waals surface area contributed by atoms with Crippen molar-refractivity contribution in [3.63, 3.8) is 0 Å². The molecule has 0 amide bonds. The fraction of sp³-hybridized carbons (Fsp3) is 0.750. The molecule has 1 N–H and O–H groups in total. The van der Waals surface area contributed by atoms with Crippen molar-refractivity contribution in [2.75, 3.05) is 5.88 Å². The van der Waals surface area contributed by atoms with Gasteiger partial charge in [-0.2, -0.15) is 0 Å². The van der Waals surface area contributed by atoms with E-state index in [1.165, 1.54) is 32.1 Å². The van der Waals surface area contributed by atoms with Crippen LogP contribution in [0.2, 0.25) is 0 Å². The summed E-state index contributed by atoms with van der Waals surface area (Å²) in [6.45, 7) is 7.50. The Morgan fingerprint density at radius 2 is 2.00 bits per heavy atom. The van der Waals surface area contributed by atoms with Crippen molar-refractivity contribution < 1.29 is 5.11 Å². The van der Waals surface area contributed by atoms with E-state index >= 15 is 0 Å². The summed E-state index contributed by atoms with van der Waals surface area (Å²) in [4.78, 5) is 2.52. The Balaban J connectivity index is 1.51. The molecule has 0 aromatic rings. The van der Waals surface area contributed by atoms with Crippen LogP contribution < -0.4 is 0 Å². The molecule has 148 valence electrons. The van der Waals surface area contributed by atoms with E-state index in [9.17, 15) is 5.11 Å². The van der Waals surface area contributed by atoms with Crippen molar-refractivity contribution in [1.82, 2.24) is 4.90 Å². The minimum absolute atomic E-state index is 0.105. The zero-order valence-corrected chi connectivity index (χ0v) is 18.0. The quantitative estimate of drug-likeness (QED) is 0.597. The van der Waals surface area contributed by atoms with E-state index in [0.29, 0.717) is 16.7 Å². The lowest BCUT2D eigenvalue weighted by Crippen LogP contribution is -2.53. The summed E-state index contributed by atoms with van der Waals surface area (Å²) in [7, 11) is 0. The molecule has 4 aliphatic carbocycles. The van der Waals surface area contributed by atoms with Crippen molar-refractivity contribution in [3.8, 4) is 0 Å². The van der Waals surface area contributed by atoms with Crippen LogP contribution in [0.15, 0.2) is 35.0 Å². The molecule has 0 radical (unpaired) electrons. The lowest BCUT2D eigenvalue weighted by molar-refractivity contribution is -0.0557. The maximum atomic E-state index is 10.3. The van der Waals surface area contributed by atoms with Crippen LogP contribution in [0.1, 0.15) is 65.7 Å². The number of aliphatic hydroxyl groups is 1. The highest BCUT2D eigenvalue weighted by atomic mass is 32.2. The molecule has 5 rings (SSSR count). The van der Waals surface area contributed by atoms with Gasteiger partial charge in [0.25, 0.3) is 0 Å². The number of hydrogen-bond donors (Lipinski definition) is 1. The van der Waals surface area contributed by atoms with Gasteiger partial charge in [-0.05, 0) is 79.4 Å². The largest absolute Gasteiger partial charge is 0.393 e. The van der Waals surface area contributed by atoms with E-state index in [2.05, 4.69) is 49.4 Å². The lowest BCUT2D eigenvalue weighted by atomic mass is 9.45. The summed E-state index contributed by atoms with van der Waals surface area (Å²) in [5, 5.41) is 12.6. The lowest BCUT2D eigenvalue weighted by Gasteiger charge is -2.60. The first-order chi connectivity index (χ1) is 13.0. The van der Waals surface area contributed by atoms with E-state index in [-0.39, 0.29) is 6.10 Å². The monoisotopic (exact) mass is 385 g/mol. The predicted octanol–water partition coefficient (Wildman–Crippen LogP) is 5.92. The molecule has 27 heavy (non-hydrogen) atoms. The van der Waals surface area contributed by atoms with E-state index < -0.39 is 0 Å². The second-order valence-electron chi connectivity index (χ2n) is 10.2. The minimum atomic E-state index is -0.105. The Labute approximate surface area is 169 Å². The fourth-order valence-corrected chi connectivity index (χ4v) is 8.33. The molecule has 0 bridgehead atoms. The van der Waals surface area contributed by atoms with Crippen LogP contribution in [0.5, 0.6) is 0 Å². The predicted molar refractivity (Wildman–Crippen MR) is 114 cm³/mol. The molecule has 1 heterocycles. The Morgan fingerprint density at radius 1 is 1.19 bits per heavy atom. The van der Waals surface area contributed by atoms with Crippen LogP contribution in [0.3, 0.4) is 0 Å². The van der Waals surface area contributed by atoms with Crippen LogP contribution in [0.4, 0.5) is 0 Å². The average molecular weight is 386 g/mol. The molecule has 2 nitrogen and oxygen atoms in total. The number of thioether (sulfide) groups is 1. The van der Waals surface area contributed by atoms with Crippen molar-refractivity contribution in [1.29, 1.82) is 0 Å². The van der Waals surface area contributed by atoms with Gasteiger partial charge in [0.05, 0.1) is 12.0 Å². The molecule has 2 saturated carbocycles. The molecule has 0 aromatic carbocycles. The number of rotatable bonds is 2. The first-order valence-corrected chi connectivity index (χ1v) is 12.2. The van der Waals surface area contributed by atoms with Gasteiger partial charge in [-0.15, -0.1) is 11.8 Å². The first kappa shape index (κ1) is 18.4. The molecule has 7 atom stereocenters. The van der Waals surface area contributed by atoms with Gasteiger partial charge in [0.2, 0.25) is 0 Å². The van der Waals surface area contributed by atoms with Gasteiger partial charge in [-0.25, -0.2) is 0 Å². The summed E-state index contributed by atoms with van der Waals surface area (Å²) in [5.74, 6) is 4.20. The molecule has 0 spiro atoms. The van der Waals surface area contributed by atoms with E-state index in [1.807, 2.05) is 11.8 Å².